The van der Waals surface area contributed by atoms with Gasteiger partial charge >= 0.3 is 0 Å². The number of phenols is 1. The molecule has 0 aliphatic rings. The van der Waals surface area contributed by atoms with E-state index in [4.69, 9.17) is 10.5 Å². The van der Waals surface area contributed by atoms with Crippen LogP contribution in [0.4, 0.5) is 5.00 Å². The first-order valence-corrected chi connectivity index (χ1v) is 8.94. The van der Waals surface area contributed by atoms with Gasteiger partial charge in [0.25, 0.3) is 11.8 Å². The molecule has 0 radical (unpaired) electrons. The molecular formula is C20H18N2O4S. The van der Waals surface area contributed by atoms with Gasteiger partial charge < -0.3 is 20.9 Å². The molecule has 0 unspecified atom stereocenters. The van der Waals surface area contributed by atoms with Crippen LogP contribution in [0.5, 0.6) is 11.5 Å². The van der Waals surface area contributed by atoms with Crippen molar-refractivity contribution in [3.05, 3.63) is 76.2 Å². The van der Waals surface area contributed by atoms with Crippen molar-refractivity contribution in [2.45, 2.75) is 6.42 Å². The lowest BCUT2D eigenvalue weighted by atomic mass is 10.1. The predicted octanol–water partition coefficient (Wildman–Crippen LogP) is 3.40. The summed E-state index contributed by atoms with van der Waals surface area (Å²) >= 11 is 1.31. The highest BCUT2D eigenvalue weighted by molar-refractivity contribution is 7.16. The molecule has 1 aromatic heterocycles. The van der Waals surface area contributed by atoms with Crippen molar-refractivity contribution in [1.82, 2.24) is 0 Å². The fourth-order valence-electron chi connectivity index (χ4n) is 2.60. The van der Waals surface area contributed by atoms with Crippen molar-refractivity contribution in [2.24, 2.45) is 5.73 Å². The molecule has 2 aromatic carbocycles. The maximum Gasteiger partial charge on any atom is 0.256 e. The Morgan fingerprint density at radius 2 is 1.89 bits per heavy atom. The van der Waals surface area contributed by atoms with Gasteiger partial charge in [0.2, 0.25) is 0 Å². The minimum absolute atomic E-state index is 0.0619. The average molecular weight is 382 g/mol. The van der Waals surface area contributed by atoms with Crippen LogP contribution in [0.1, 0.15) is 31.2 Å². The molecule has 0 saturated heterocycles. The van der Waals surface area contributed by atoms with Crippen LogP contribution in [-0.4, -0.2) is 24.0 Å². The predicted molar refractivity (Wildman–Crippen MR) is 105 cm³/mol. The second kappa shape index (κ2) is 7.92. The van der Waals surface area contributed by atoms with Gasteiger partial charge in [0.15, 0.2) is 11.5 Å². The van der Waals surface area contributed by atoms with E-state index >= 15 is 0 Å². The van der Waals surface area contributed by atoms with E-state index in [0.29, 0.717) is 11.4 Å². The number of carbonyl (C=O) groups is 2. The summed E-state index contributed by atoms with van der Waals surface area (Å²) in [7, 11) is 1.40. The molecule has 0 spiro atoms. The summed E-state index contributed by atoms with van der Waals surface area (Å²) in [4.78, 5) is 25.2. The van der Waals surface area contributed by atoms with Crippen LogP contribution in [0.15, 0.2) is 54.6 Å². The van der Waals surface area contributed by atoms with Crippen LogP contribution >= 0.6 is 11.3 Å². The van der Waals surface area contributed by atoms with Crippen LogP contribution in [0, 0.1) is 0 Å². The summed E-state index contributed by atoms with van der Waals surface area (Å²) in [5.74, 6) is -0.907. The first kappa shape index (κ1) is 18.5. The van der Waals surface area contributed by atoms with E-state index in [1.54, 1.807) is 6.07 Å². The molecule has 138 valence electrons. The normalized spacial score (nSPS) is 10.4. The van der Waals surface area contributed by atoms with Gasteiger partial charge in [-0.05, 0) is 29.8 Å². The smallest absolute Gasteiger partial charge is 0.256 e. The third-order valence-corrected chi connectivity index (χ3v) is 4.99. The van der Waals surface area contributed by atoms with Crippen molar-refractivity contribution in [3.63, 3.8) is 0 Å². The SMILES string of the molecule is COc1cc(C(=O)Nc2sc(Cc3ccccc3)cc2C(N)=O)ccc1O. The molecule has 3 rings (SSSR count). The van der Waals surface area contributed by atoms with Gasteiger partial charge in [-0.25, -0.2) is 0 Å². The summed E-state index contributed by atoms with van der Waals surface area (Å²) in [5, 5.41) is 12.8. The Morgan fingerprint density at radius 3 is 2.56 bits per heavy atom. The number of anilines is 1. The van der Waals surface area contributed by atoms with Gasteiger partial charge in [-0.1, -0.05) is 30.3 Å². The Labute approximate surface area is 160 Å². The van der Waals surface area contributed by atoms with Crippen LogP contribution in [-0.2, 0) is 6.42 Å². The van der Waals surface area contributed by atoms with E-state index in [1.807, 2.05) is 30.3 Å². The number of methoxy groups -OCH3 is 1. The van der Waals surface area contributed by atoms with E-state index in [2.05, 4.69) is 5.32 Å². The Hall–Kier alpha value is -3.32. The fraction of sp³-hybridized carbons (Fsp3) is 0.100. The van der Waals surface area contributed by atoms with Crippen LogP contribution in [0.2, 0.25) is 0 Å². The summed E-state index contributed by atoms with van der Waals surface area (Å²) in [6.45, 7) is 0. The highest BCUT2D eigenvalue weighted by Gasteiger charge is 2.18. The highest BCUT2D eigenvalue weighted by atomic mass is 32.1. The van der Waals surface area contributed by atoms with Gasteiger partial charge in [-0.15, -0.1) is 11.3 Å². The maximum absolute atomic E-state index is 12.5. The molecule has 6 nitrogen and oxygen atoms in total. The van der Waals surface area contributed by atoms with Crippen molar-refractivity contribution < 1.29 is 19.4 Å². The minimum atomic E-state index is -0.607. The summed E-state index contributed by atoms with van der Waals surface area (Å²) in [6.07, 6.45) is 0.634. The van der Waals surface area contributed by atoms with Gasteiger partial charge in [0.05, 0.1) is 12.7 Å². The first-order valence-electron chi connectivity index (χ1n) is 8.12. The number of hydrogen-bond acceptors (Lipinski definition) is 5. The second-order valence-corrected chi connectivity index (χ2v) is 6.96. The molecule has 0 saturated carbocycles. The standard InChI is InChI=1S/C20H18N2O4S/c1-26-17-10-13(7-8-16(17)23)19(25)22-20-15(18(21)24)11-14(27-20)9-12-5-3-2-4-6-12/h2-8,10-11,23H,9H2,1H3,(H2,21,24)(H,22,25). The lowest BCUT2D eigenvalue weighted by Crippen LogP contribution is -2.16. The number of amides is 2. The third kappa shape index (κ3) is 4.27. The first-order chi connectivity index (χ1) is 13.0. The molecule has 0 aliphatic heterocycles. The van der Waals surface area contributed by atoms with E-state index in [-0.39, 0.29) is 22.6 Å². The Morgan fingerprint density at radius 1 is 1.15 bits per heavy atom. The van der Waals surface area contributed by atoms with E-state index in [0.717, 1.165) is 10.4 Å². The van der Waals surface area contributed by atoms with E-state index < -0.39 is 11.8 Å². The van der Waals surface area contributed by atoms with Crippen LogP contribution < -0.4 is 15.8 Å². The lowest BCUT2D eigenvalue weighted by molar-refractivity contribution is 0.100. The zero-order valence-corrected chi connectivity index (χ0v) is 15.4. The molecule has 0 aliphatic carbocycles. The number of carbonyl (C=O) groups excluding carboxylic acids is 2. The molecule has 3 aromatic rings. The fourth-order valence-corrected chi connectivity index (χ4v) is 3.69. The molecule has 7 heteroatoms. The summed E-state index contributed by atoms with van der Waals surface area (Å²) < 4.78 is 5.02. The molecule has 1 heterocycles. The number of rotatable bonds is 6. The van der Waals surface area contributed by atoms with Crippen molar-refractivity contribution in [2.75, 3.05) is 12.4 Å². The molecule has 0 atom stereocenters. The quantitative estimate of drug-likeness (QED) is 0.608. The molecular weight excluding hydrogens is 364 g/mol. The van der Waals surface area contributed by atoms with Crippen molar-refractivity contribution >= 4 is 28.2 Å². The molecule has 0 fully saturated rings. The Kier molecular flexibility index (Phi) is 5.42. The number of phenolic OH excluding ortho intramolecular Hbond substituents is 1. The van der Waals surface area contributed by atoms with Gasteiger partial charge in [0, 0.05) is 16.9 Å². The molecule has 0 bridgehead atoms. The number of nitrogens with one attached hydrogen (secondary N) is 1. The van der Waals surface area contributed by atoms with Crippen molar-refractivity contribution in [3.8, 4) is 11.5 Å². The van der Waals surface area contributed by atoms with Gasteiger partial charge in [-0.2, -0.15) is 0 Å². The number of thiophene rings is 1. The van der Waals surface area contributed by atoms with E-state index in [1.165, 1.54) is 36.6 Å². The zero-order valence-electron chi connectivity index (χ0n) is 14.6. The molecule has 2 amide bonds. The number of hydrogen-bond donors (Lipinski definition) is 3. The minimum Gasteiger partial charge on any atom is -0.504 e. The number of ether oxygens (including phenoxy) is 1. The largest absolute Gasteiger partial charge is 0.504 e. The summed E-state index contributed by atoms with van der Waals surface area (Å²) in [5.41, 5.74) is 7.12. The average Bonchev–Trinajstić information content (AvgIpc) is 3.05. The molecule has 27 heavy (non-hydrogen) atoms. The zero-order chi connectivity index (χ0) is 19.4. The van der Waals surface area contributed by atoms with Crippen molar-refractivity contribution in [1.29, 1.82) is 0 Å². The second-order valence-electron chi connectivity index (χ2n) is 5.82. The van der Waals surface area contributed by atoms with E-state index in [9.17, 15) is 14.7 Å². The monoisotopic (exact) mass is 382 g/mol. The lowest BCUT2D eigenvalue weighted by Gasteiger charge is -2.07. The maximum atomic E-state index is 12.5. The topological polar surface area (TPSA) is 102 Å². The highest BCUT2D eigenvalue weighted by Crippen LogP contribution is 2.31. The summed E-state index contributed by atoms with van der Waals surface area (Å²) in [6, 6.07) is 15.8. The Bertz CT molecular complexity index is 983. The van der Waals surface area contributed by atoms with Gasteiger partial charge in [0.1, 0.15) is 5.00 Å². The number of primary amides is 1. The van der Waals surface area contributed by atoms with Gasteiger partial charge in [-0.3, -0.25) is 9.59 Å². The third-order valence-electron chi connectivity index (χ3n) is 3.94. The number of benzene rings is 2. The van der Waals surface area contributed by atoms with Crippen LogP contribution in [0.3, 0.4) is 0 Å². The Balaban J connectivity index is 1.85. The number of nitrogens with two attached hydrogens (primary N) is 1. The molecule has 4 N–H and O–H groups in total. The number of aromatic hydroxyl groups is 1. The van der Waals surface area contributed by atoms with Crippen LogP contribution in [0.25, 0.3) is 0 Å².